The summed E-state index contributed by atoms with van der Waals surface area (Å²) in [6, 6.07) is 5.80. The van der Waals surface area contributed by atoms with Crippen LogP contribution in [0.4, 0.5) is 4.79 Å². The zero-order valence-electron chi connectivity index (χ0n) is 20.5. The van der Waals surface area contributed by atoms with E-state index in [0.717, 1.165) is 48.6 Å². The molecule has 0 spiro atoms. The maximum atomic E-state index is 12.9. The Bertz CT molecular complexity index is 1010. The Kier molecular flexibility index (Phi) is 6.49. The lowest BCUT2D eigenvalue weighted by Gasteiger charge is -2.33. The molecule has 2 aliphatic rings. The second kappa shape index (κ2) is 8.91. The number of nitrogens with zero attached hydrogens (tertiary/aromatic N) is 4. The van der Waals surface area contributed by atoms with Crippen LogP contribution in [0.25, 0.3) is 5.69 Å². The Morgan fingerprint density at radius 1 is 1.00 bits per heavy atom. The van der Waals surface area contributed by atoms with E-state index in [1.807, 2.05) is 39.0 Å². The Morgan fingerprint density at radius 3 is 2.33 bits per heavy atom. The molecule has 0 N–H and O–H groups in total. The van der Waals surface area contributed by atoms with Gasteiger partial charge in [-0.3, -0.25) is 9.47 Å². The van der Waals surface area contributed by atoms with Gasteiger partial charge in [0.2, 0.25) is 0 Å². The van der Waals surface area contributed by atoms with Crippen LogP contribution in [0.3, 0.4) is 0 Å². The van der Waals surface area contributed by atoms with Crippen LogP contribution in [0.15, 0.2) is 18.2 Å². The van der Waals surface area contributed by atoms with Crippen LogP contribution in [0.2, 0.25) is 5.02 Å². The van der Waals surface area contributed by atoms with Crippen LogP contribution < -0.4 is 0 Å². The van der Waals surface area contributed by atoms with Gasteiger partial charge in [-0.1, -0.05) is 11.6 Å². The number of hydrogen-bond acceptors (Lipinski definition) is 5. The van der Waals surface area contributed by atoms with Crippen molar-refractivity contribution < 1.29 is 14.3 Å². The molecule has 4 rings (SSSR count). The fourth-order valence-electron chi connectivity index (χ4n) is 4.69. The molecule has 1 fully saturated rings. The maximum Gasteiger partial charge on any atom is 0.411 e. The highest BCUT2D eigenvalue weighted by atomic mass is 35.5. The van der Waals surface area contributed by atoms with Gasteiger partial charge in [0.15, 0.2) is 5.82 Å². The van der Waals surface area contributed by atoms with Crippen molar-refractivity contribution in [2.24, 2.45) is 0 Å². The average Bonchev–Trinajstić information content (AvgIpc) is 3.02. The molecule has 180 valence electrons. The van der Waals surface area contributed by atoms with Crippen molar-refractivity contribution in [3.63, 3.8) is 0 Å². The lowest BCUT2D eigenvalue weighted by molar-refractivity contribution is -0.0753. The van der Waals surface area contributed by atoms with Gasteiger partial charge in [0.05, 0.1) is 30.5 Å². The molecule has 1 aliphatic heterocycles. The molecule has 2 heterocycles. The first-order valence-electron chi connectivity index (χ1n) is 11.8. The Hall–Kier alpha value is -2.12. The van der Waals surface area contributed by atoms with E-state index in [2.05, 4.69) is 35.5 Å². The Balaban J connectivity index is 1.63. The average molecular weight is 475 g/mol. The van der Waals surface area contributed by atoms with Crippen LogP contribution in [-0.4, -0.2) is 43.1 Å². The van der Waals surface area contributed by atoms with E-state index in [-0.39, 0.29) is 17.8 Å². The molecule has 0 atom stereocenters. The highest BCUT2D eigenvalue weighted by Gasteiger charge is 2.33. The number of rotatable bonds is 2. The fraction of sp³-hybridized carbons (Fsp3) is 0.640. The summed E-state index contributed by atoms with van der Waals surface area (Å²) in [5.41, 5.74) is 1.23. The summed E-state index contributed by atoms with van der Waals surface area (Å²) in [4.78, 5) is 14.6. The maximum absolute atomic E-state index is 12.9. The molecule has 7 nitrogen and oxygen atoms in total. The Morgan fingerprint density at radius 2 is 1.70 bits per heavy atom. The van der Waals surface area contributed by atoms with E-state index in [4.69, 9.17) is 21.1 Å². The molecule has 1 amide bonds. The van der Waals surface area contributed by atoms with E-state index in [1.54, 1.807) is 4.90 Å². The van der Waals surface area contributed by atoms with Crippen molar-refractivity contribution in [3.8, 4) is 5.69 Å². The fourth-order valence-corrected chi connectivity index (χ4v) is 4.88. The molecule has 2 aromatic rings. The second-order valence-electron chi connectivity index (χ2n) is 11.1. The zero-order chi connectivity index (χ0) is 24.0. The molecule has 0 bridgehead atoms. The summed E-state index contributed by atoms with van der Waals surface area (Å²) in [6.45, 7) is 12.7. The number of hydrogen-bond donors (Lipinski definition) is 0. The van der Waals surface area contributed by atoms with Crippen LogP contribution in [-0.2, 0) is 22.6 Å². The third-order valence-electron chi connectivity index (χ3n) is 5.94. The van der Waals surface area contributed by atoms with Crippen LogP contribution in [0.1, 0.15) is 90.4 Å². The number of carbonyl (C=O) groups excluding carboxylic acids is 1. The van der Waals surface area contributed by atoms with Gasteiger partial charge in [-0.15, -0.1) is 10.2 Å². The minimum Gasteiger partial charge on any atom is -0.444 e. The van der Waals surface area contributed by atoms with Gasteiger partial charge < -0.3 is 9.47 Å². The summed E-state index contributed by atoms with van der Waals surface area (Å²) in [7, 11) is 0. The van der Waals surface area contributed by atoms with Gasteiger partial charge in [-0.2, -0.15) is 0 Å². The van der Waals surface area contributed by atoms with E-state index >= 15 is 0 Å². The van der Waals surface area contributed by atoms with Crippen molar-refractivity contribution in [2.45, 2.75) is 104 Å². The van der Waals surface area contributed by atoms with Crippen molar-refractivity contribution in [1.82, 2.24) is 19.7 Å². The van der Waals surface area contributed by atoms with Crippen molar-refractivity contribution in [2.75, 3.05) is 0 Å². The van der Waals surface area contributed by atoms with E-state index in [0.29, 0.717) is 24.0 Å². The molecule has 0 radical (unpaired) electrons. The normalized spacial score (nSPS) is 21.2. The predicted octanol–water partition coefficient (Wildman–Crippen LogP) is 6.01. The number of benzene rings is 1. The monoisotopic (exact) mass is 474 g/mol. The first-order valence-corrected chi connectivity index (χ1v) is 12.2. The van der Waals surface area contributed by atoms with Gasteiger partial charge in [0.25, 0.3) is 0 Å². The first kappa shape index (κ1) is 24.0. The highest BCUT2D eigenvalue weighted by Crippen LogP contribution is 2.37. The molecule has 1 aromatic carbocycles. The van der Waals surface area contributed by atoms with Crippen molar-refractivity contribution in [1.29, 1.82) is 0 Å². The highest BCUT2D eigenvalue weighted by molar-refractivity contribution is 6.30. The molecule has 1 aromatic heterocycles. The van der Waals surface area contributed by atoms with Crippen LogP contribution in [0.5, 0.6) is 0 Å². The van der Waals surface area contributed by atoms with Crippen LogP contribution >= 0.6 is 11.6 Å². The largest absolute Gasteiger partial charge is 0.444 e. The van der Waals surface area contributed by atoms with Crippen molar-refractivity contribution in [3.05, 3.63) is 40.4 Å². The lowest BCUT2D eigenvalue weighted by Crippen LogP contribution is -2.35. The summed E-state index contributed by atoms with van der Waals surface area (Å²) in [5.74, 6) is 1.99. The quantitative estimate of drug-likeness (QED) is 0.532. The molecular formula is C25H35ClN4O3. The minimum absolute atomic E-state index is 0.132. The van der Waals surface area contributed by atoms with E-state index < -0.39 is 5.60 Å². The summed E-state index contributed by atoms with van der Waals surface area (Å²) in [6.07, 6.45) is 3.91. The molecule has 1 aliphatic carbocycles. The van der Waals surface area contributed by atoms with Gasteiger partial charge in [0, 0.05) is 10.9 Å². The summed E-state index contributed by atoms with van der Waals surface area (Å²) in [5, 5.41) is 9.77. The first-order chi connectivity index (χ1) is 15.4. The predicted molar refractivity (Wildman–Crippen MR) is 128 cm³/mol. The van der Waals surface area contributed by atoms with Gasteiger partial charge in [-0.25, -0.2) is 4.79 Å². The summed E-state index contributed by atoms with van der Waals surface area (Å²) < 4.78 is 14.0. The molecular weight excluding hydrogens is 440 g/mol. The lowest BCUT2D eigenvalue weighted by atomic mass is 9.86. The van der Waals surface area contributed by atoms with E-state index in [9.17, 15) is 4.79 Å². The van der Waals surface area contributed by atoms with Crippen molar-refractivity contribution >= 4 is 17.7 Å². The Labute approximate surface area is 201 Å². The summed E-state index contributed by atoms with van der Waals surface area (Å²) >= 11 is 6.33. The third kappa shape index (κ3) is 5.69. The number of amides is 1. The number of halogens is 1. The molecule has 1 saturated carbocycles. The number of aromatic nitrogens is 3. The second-order valence-corrected chi connectivity index (χ2v) is 11.6. The van der Waals surface area contributed by atoms with Gasteiger partial charge in [-0.05, 0) is 91.0 Å². The van der Waals surface area contributed by atoms with Gasteiger partial charge >= 0.3 is 6.09 Å². The third-order valence-corrected chi connectivity index (χ3v) is 6.18. The topological polar surface area (TPSA) is 69.5 Å². The smallest absolute Gasteiger partial charge is 0.411 e. The molecule has 8 heteroatoms. The SMILES string of the molecule is CC(C)(C)OC(=O)N1Cc2cc(Cl)ccc2-n2c(nnc2C2CCC(OC(C)(C)C)CC2)C1. The van der Waals surface area contributed by atoms with Crippen LogP contribution in [0, 0.1) is 0 Å². The van der Waals surface area contributed by atoms with Gasteiger partial charge in [0.1, 0.15) is 11.4 Å². The molecule has 0 saturated heterocycles. The zero-order valence-corrected chi connectivity index (χ0v) is 21.3. The standard InChI is InChI=1S/C25H35ClN4O3/c1-24(2,3)32-19-10-7-16(8-11-19)22-28-27-21-15-29(23(31)33-25(4,5)6)14-17-13-18(26)9-12-20(17)30(21)22/h9,12-13,16,19H,7-8,10-11,14-15H2,1-6H3. The van der Waals surface area contributed by atoms with E-state index in [1.165, 1.54) is 0 Å². The minimum atomic E-state index is -0.576. The molecule has 33 heavy (non-hydrogen) atoms. The number of carbonyl (C=O) groups is 1. The molecule has 0 unspecified atom stereocenters. The number of fused-ring (bicyclic) bond motifs is 3. The number of ether oxygens (including phenoxy) is 2.